The number of amides is 1. The summed E-state index contributed by atoms with van der Waals surface area (Å²) in [6, 6.07) is 13.7. The first-order valence-corrected chi connectivity index (χ1v) is 10.9. The number of allylic oxidation sites excluding steroid dienone is 1. The van der Waals surface area contributed by atoms with E-state index in [1.807, 2.05) is 23.6 Å². The molecule has 32 heavy (non-hydrogen) atoms. The van der Waals surface area contributed by atoms with Gasteiger partial charge in [-0.05, 0) is 49.4 Å². The highest BCUT2D eigenvalue weighted by molar-refractivity contribution is 7.99. The molecular weight excluding hydrogens is 452 g/mol. The Morgan fingerprint density at radius 3 is 2.72 bits per heavy atom. The number of benzene rings is 2. The van der Waals surface area contributed by atoms with Crippen LogP contribution in [0.25, 0.3) is 17.5 Å². The third-order valence-electron chi connectivity index (χ3n) is 4.23. The summed E-state index contributed by atoms with van der Waals surface area (Å²) in [7, 11) is 0. The molecule has 0 radical (unpaired) electrons. The van der Waals surface area contributed by atoms with Crippen LogP contribution in [0.4, 0.5) is 5.69 Å². The van der Waals surface area contributed by atoms with E-state index in [1.54, 1.807) is 36.4 Å². The average molecular weight is 471 g/mol. The highest BCUT2D eigenvalue weighted by Gasteiger charge is 2.14. The molecule has 0 atom stereocenters. The van der Waals surface area contributed by atoms with Crippen LogP contribution in [0.1, 0.15) is 12.5 Å². The first-order chi connectivity index (χ1) is 15.5. The summed E-state index contributed by atoms with van der Waals surface area (Å²) in [6.07, 6.45) is 4.42. The van der Waals surface area contributed by atoms with Gasteiger partial charge in [-0.3, -0.25) is 14.9 Å². The third kappa shape index (κ3) is 6.02. The second-order valence-electron chi connectivity index (χ2n) is 6.33. The summed E-state index contributed by atoms with van der Waals surface area (Å²) in [5, 5.41) is 24.5. The van der Waals surface area contributed by atoms with Crippen LogP contribution in [0.5, 0.6) is 0 Å². The number of halogens is 1. The Labute approximate surface area is 193 Å². The summed E-state index contributed by atoms with van der Waals surface area (Å²) in [6.45, 7) is 2.62. The SMILES string of the molecule is CCn1c(SCC(=O)NN=CC=Cc2ccccc2[N+](=O)[O-])nnc1-c1ccc(Cl)cc1. The Bertz CT molecular complexity index is 1160. The number of nitrogens with one attached hydrogen (secondary N) is 1. The van der Waals surface area contributed by atoms with Gasteiger partial charge in [-0.2, -0.15) is 5.10 Å². The van der Waals surface area contributed by atoms with Gasteiger partial charge in [0, 0.05) is 29.4 Å². The van der Waals surface area contributed by atoms with Crippen molar-refractivity contribution in [3.05, 3.63) is 75.3 Å². The fourth-order valence-electron chi connectivity index (χ4n) is 2.75. The quantitative estimate of drug-likeness (QED) is 0.214. The van der Waals surface area contributed by atoms with Crippen molar-refractivity contribution in [1.82, 2.24) is 20.2 Å². The Morgan fingerprint density at radius 2 is 2.00 bits per heavy atom. The molecule has 0 aliphatic heterocycles. The highest BCUT2D eigenvalue weighted by atomic mass is 35.5. The van der Waals surface area contributed by atoms with Gasteiger partial charge in [-0.25, -0.2) is 5.43 Å². The zero-order chi connectivity index (χ0) is 22.9. The van der Waals surface area contributed by atoms with E-state index in [9.17, 15) is 14.9 Å². The van der Waals surface area contributed by atoms with Gasteiger partial charge in [0.05, 0.1) is 16.2 Å². The Hall–Kier alpha value is -3.50. The minimum absolute atomic E-state index is 0.00408. The number of thioether (sulfide) groups is 1. The van der Waals surface area contributed by atoms with Gasteiger partial charge in [0.1, 0.15) is 0 Å². The normalized spacial score (nSPS) is 11.3. The van der Waals surface area contributed by atoms with Crippen molar-refractivity contribution < 1.29 is 9.72 Å². The zero-order valence-corrected chi connectivity index (χ0v) is 18.6. The number of carbonyl (C=O) groups is 1. The van der Waals surface area contributed by atoms with Crippen molar-refractivity contribution in [2.24, 2.45) is 5.10 Å². The Balaban J connectivity index is 1.54. The number of hydrazone groups is 1. The maximum Gasteiger partial charge on any atom is 0.276 e. The molecule has 3 rings (SSSR count). The van der Waals surface area contributed by atoms with E-state index in [-0.39, 0.29) is 17.3 Å². The topological polar surface area (TPSA) is 115 Å². The lowest BCUT2D eigenvalue weighted by Crippen LogP contribution is -2.19. The predicted molar refractivity (Wildman–Crippen MR) is 126 cm³/mol. The maximum absolute atomic E-state index is 12.1. The molecule has 164 valence electrons. The van der Waals surface area contributed by atoms with Crippen LogP contribution in [0.2, 0.25) is 5.02 Å². The van der Waals surface area contributed by atoms with Crippen LogP contribution in [0.15, 0.2) is 64.9 Å². The molecular formula is C21H19ClN6O3S. The van der Waals surface area contributed by atoms with Gasteiger partial charge in [0.15, 0.2) is 11.0 Å². The van der Waals surface area contributed by atoms with E-state index in [1.165, 1.54) is 30.1 Å². The lowest BCUT2D eigenvalue weighted by Gasteiger charge is -2.07. The van der Waals surface area contributed by atoms with E-state index < -0.39 is 4.92 Å². The number of aromatic nitrogens is 3. The van der Waals surface area contributed by atoms with Gasteiger partial charge in [0.25, 0.3) is 11.6 Å². The number of carbonyl (C=O) groups excluding carboxylic acids is 1. The van der Waals surface area contributed by atoms with E-state index in [2.05, 4.69) is 20.7 Å². The highest BCUT2D eigenvalue weighted by Crippen LogP contribution is 2.25. The number of hydrogen-bond donors (Lipinski definition) is 1. The van der Waals surface area contributed by atoms with Gasteiger partial charge in [0.2, 0.25) is 0 Å². The first-order valence-electron chi connectivity index (χ1n) is 9.53. The molecule has 3 aromatic rings. The standard InChI is InChI=1S/C21H19ClN6O3S/c1-2-27-20(16-9-11-17(22)12-10-16)25-26-21(27)32-14-19(29)24-23-13-5-7-15-6-3-4-8-18(15)28(30)31/h3-13H,2,14H2,1H3,(H,24,29). The third-order valence-corrected chi connectivity index (χ3v) is 5.45. The number of para-hydroxylation sites is 1. The molecule has 0 aliphatic carbocycles. The van der Waals surface area contributed by atoms with Gasteiger partial charge < -0.3 is 4.57 Å². The molecule has 1 N–H and O–H groups in total. The van der Waals surface area contributed by atoms with Gasteiger partial charge in [-0.15, -0.1) is 10.2 Å². The smallest absolute Gasteiger partial charge is 0.276 e. The molecule has 0 spiro atoms. The van der Waals surface area contributed by atoms with Crippen LogP contribution < -0.4 is 5.43 Å². The van der Waals surface area contributed by atoms with Crippen molar-refractivity contribution in [3.63, 3.8) is 0 Å². The van der Waals surface area contributed by atoms with Crippen LogP contribution in [0, 0.1) is 10.1 Å². The Morgan fingerprint density at radius 1 is 1.25 bits per heavy atom. The maximum atomic E-state index is 12.1. The minimum Gasteiger partial charge on any atom is -0.302 e. The monoisotopic (exact) mass is 470 g/mol. The molecule has 9 nitrogen and oxygen atoms in total. The van der Waals surface area contributed by atoms with Crippen molar-refractivity contribution >= 4 is 47.2 Å². The molecule has 2 aromatic carbocycles. The van der Waals surface area contributed by atoms with Gasteiger partial charge in [-0.1, -0.05) is 35.5 Å². The molecule has 11 heteroatoms. The van der Waals surface area contributed by atoms with Crippen molar-refractivity contribution in [2.75, 3.05) is 5.75 Å². The van der Waals surface area contributed by atoms with E-state index in [4.69, 9.17) is 11.6 Å². The number of nitro benzene ring substituents is 1. The van der Waals surface area contributed by atoms with Gasteiger partial charge >= 0.3 is 0 Å². The van der Waals surface area contributed by atoms with Crippen molar-refractivity contribution in [2.45, 2.75) is 18.6 Å². The van der Waals surface area contributed by atoms with E-state index >= 15 is 0 Å². The zero-order valence-electron chi connectivity index (χ0n) is 17.0. The lowest BCUT2D eigenvalue weighted by molar-refractivity contribution is -0.385. The molecule has 1 amide bonds. The summed E-state index contributed by atoms with van der Waals surface area (Å²) >= 11 is 7.19. The number of nitro groups is 1. The first kappa shape index (κ1) is 23.2. The molecule has 0 bridgehead atoms. The molecule has 0 unspecified atom stereocenters. The fraction of sp³-hybridized carbons (Fsp3) is 0.143. The minimum atomic E-state index is -0.455. The fourth-order valence-corrected chi connectivity index (χ4v) is 3.67. The second-order valence-corrected chi connectivity index (χ2v) is 7.71. The summed E-state index contributed by atoms with van der Waals surface area (Å²) in [5.74, 6) is 0.485. The summed E-state index contributed by atoms with van der Waals surface area (Å²) < 4.78 is 1.92. The molecule has 0 saturated heterocycles. The van der Waals surface area contributed by atoms with Crippen LogP contribution in [0.3, 0.4) is 0 Å². The summed E-state index contributed by atoms with van der Waals surface area (Å²) in [4.78, 5) is 22.6. The van der Waals surface area contributed by atoms with E-state index in [0.717, 1.165) is 5.56 Å². The number of nitrogens with zero attached hydrogens (tertiary/aromatic N) is 5. The molecule has 0 aliphatic rings. The van der Waals surface area contributed by atoms with E-state index in [0.29, 0.717) is 28.1 Å². The second kappa shape index (κ2) is 11.2. The number of hydrogen-bond acceptors (Lipinski definition) is 7. The van der Waals surface area contributed by atoms with Crippen LogP contribution in [-0.4, -0.2) is 37.6 Å². The number of rotatable bonds is 9. The lowest BCUT2D eigenvalue weighted by atomic mass is 10.2. The van der Waals surface area contributed by atoms with Crippen molar-refractivity contribution in [1.29, 1.82) is 0 Å². The largest absolute Gasteiger partial charge is 0.302 e. The molecule has 1 heterocycles. The van der Waals surface area contributed by atoms with Crippen LogP contribution in [-0.2, 0) is 11.3 Å². The molecule has 0 saturated carbocycles. The molecule has 0 fully saturated rings. The summed E-state index contributed by atoms with van der Waals surface area (Å²) in [5.41, 5.74) is 3.74. The van der Waals surface area contributed by atoms with Crippen LogP contribution >= 0.6 is 23.4 Å². The van der Waals surface area contributed by atoms with Crippen molar-refractivity contribution in [3.8, 4) is 11.4 Å². The average Bonchev–Trinajstić information content (AvgIpc) is 3.21. The Kier molecular flexibility index (Phi) is 8.12. The molecule has 1 aromatic heterocycles. The predicted octanol–water partition coefficient (Wildman–Crippen LogP) is 4.43.